The van der Waals surface area contributed by atoms with Gasteiger partial charge in [-0.15, -0.1) is 0 Å². The van der Waals surface area contributed by atoms with Crippen LogP contribution >= 0.6 is 0 Å². The molecule has 1 aliphatic heterocycles. The fourth-order valence-electron chi connectivity index (χ4n) is 2.81. The normalized spacial score (nSPS) is 17.4. The van der Waals surface area contributed by atoms with Crippen molar-refractivity contribution in [2.45, 2.75) is 6.10 Å². The van der Waals surface area contributed by atoms with Crippen LogP contribution in [0, 0.1) is 11.6 Å². The van der Waals surface area contributed by atoms with Gasteiger partial charge < -0.3 is 20.4 Å². The minimum absolute atomic E-state index is 0.209. The van der Waals surface area contributed by atoms with Crippen molar-refractivity contribution in [1.29, 1.82) is 0 Å². The second kappa shape index (κ2) is 6.81. The molecule has 8 heteroatoms. The molecule has 1 atom stereocenters. The third-order valence-electron chi connectivity index (χ3n) is 4.17. The van der Waals surface area contributed by atoms with Crippen molar-refractivity contribution < 1.29 is 18.3 Å². The van der Waals surface area contributed by atoms with Crippen molar-refractivity contribution in [1.82, 2.24) is 15.3 Å². The Morgan fingerprint density at radius 2 is 1.96 bits per heavy atom. The van der Waals surface area contributed by atoms with Crippen LogP contribution in [0.3, 0.4) is 0 Å². The van der Waals surface area contributed by atoms with Crippen LogP contribution in [-0.4, -0.2) is 41.7 Å². The molecule has 134 valence electrons. The van der Waals surface area contributed by atoms with E-state index in [0.29, 0.717) is 35.7 Å². The van der Waals surface area contributed by atoms with Crippen molar-refractivity contribution >= 4 is 22.6 Å². The Hall–Kier alpha value is -2.84. The minimum Gasteiger partial charge on any atom is -0.366 e. The Bertz CT molecular complexity index is 911. The van der Waals surface area contributed by atoms with Crippen LogP contribution in [-0.2, 0) is 9.53 Å². The molecule has 2 heterocycles. The van der Waals surface area contributed by atoms with Gasteiger partial charge in [-0.3, -0.25) is 4.79 Å². The van der Waals surface area contributed by atoms with Crippen LogP contribution in [0.4, 0.5) is 14.5 Å². The van der Waals surface area contributed by atoms with Gasteiger partial charge in [0.25, 0.3) is 5.91 Å². The maximum atomic E-state index is 13.3. The van der Waals surface area contributed by atoms with E-state index in [4.69, 9.17) is 4.74 Å². The van der Waals surface area contributed by atoms with E-state index in [-0.39, 0.29) is 5.91 Å². The molecule has 2 aromatic carbocycles. The fourth-order valence-corrected chi connectivity index (χ4v) is 2.81. The molecule has 1 fully saturated rings. The van der Waals surface area contributed by atoms with Gasteiger partial charge in [-0.05, 0) is 24.3 Å². The van der Waals surface area contributed by atoms with Crippen LogP contribution in [0.2, 0.25) is 0 Å². The molecule has 0 radical (unpaired) electrons. The molecule has 0 spiro atoms. The number of anilines is 1. The van der Waals surface area contributed by atoms with Crippen molar-refractivity contribution in [3.8, 4) is 11.4 Å². The summed E-state index contributed by atoms with van der Waals surface area (Å²) in [5.41, 5.74) is 2.12. The molecule has 1 amide bonds. The summed E-state index contributed by atoms with van der Waals surface area (Å²) in [6.45, 7) is 1.73. The number of aromatic amines is 1. The van der Waals surface area contributed by atoms with E-state index in [0.717, 1.165) is 24.2 Å². The quantitative estimate of drug-likeness (QED) is 0.672. The second-order valence-corrected chi connectivity index (χ2v) is 6.00. The van der Waals surface area contributed by atoms with E-state index >= 15 is 0 Å². The van der Waals surface area contributed by atoms with Gasteiger partial charge in [-0.1, -0.05) is 0 Å². The van der Waals surface area contributed by atoms with Gasteiger partial charge in [0.2, 0.25) is 0 Å². The van der Waals surface area contributed by atoms with Crippen molar-refractivity contribution in [2.24, 2.45) is 0 Å². The number of morpholine rings is 1. The van der Waals surface area contributed by atoms with Gasteiger partial charge in [0, 0.05) is 36.5 Å². The van der Waals surface area contributed by atoms with E-state index in [1.54, 1.807) is 24.3 Å². The fraction of sp³-hybridized carbons (Fsp3) is 0.222. The van der Waals surface area contributed by atoms with Crippen LogP contribution < -0.4 is 10.6 Å². The van der Waals surface area contributed by atoms with E-state index in [1.807, 2.05) is 0 Å². The molecule has 1 aliphatic rings. The number of fused-ring (bicyclic) bond motifs is 1. The van der Waals surface area contributed by atoms with Crippen molar-refractivity contribution in [3.05, 3.63) is 48.0 Å². The van der Waals surface area contributed by atoms with Gasteiger partial charge >= 0.3 is 0 Å². The molecule has 0 aliphatic carbocycles. The minimum atomic E-state index is -0.937. The summed E-state index contributed by atoms with van der Waals surface area (Å²) in [5, 5.41) is 5.90. The topological polar surface area (TPSA) is 79.0 Å². The summed E-state index contributed by atoms with van der Waals surface area (Å²) in [7, 11) is 0. The number of carbonyl (C=O) groups excluding carboxylic acids is 1. The number of hydrogen-bond donors (Lipinski definition) is 3. The number of aromatic nitrogens is 2. The van der Waals surface area contributed by atoms with E-state index in [2.05, 4.69) is 20.6 Å². The lowest BCUT2D eigenvalue weighted by molar-refractivity contribution is -0.128. The predicted octanol–water partition coefficient (Wildman–Crippen LogP) is 2.43. The van der Waals surface area contributed by atoms with Gasteiger partial charge in [0.05, 0.1) is 17.6 Å². The number of H-pyrrole nitrogens is 1. The molecule has 1 aromatic heterocycles. The number of hydrogen-bond acceptors (Lipinski definition) is 4. The molecule has 1 saturated heterocycles. The van der Waals surface area contributed by atoms with E-state index in [9.17, 15) is 13.6 Å². The Balaban J connectivity index is 1.51. The van der Waals surface area contributed by atoms with Gasteiger partial charge in [0.1, 0.15) is 11.9 Å². The molecule has 0 bridgehead atoms. The molecule has 0 unspecified atom stereocenters. The first kappa shape index (κ1) is 16.6. The molecular weight excluding hydrogens is 342 g/mol. The zero-order valence-electron chi connectivity index (χ0n) is 13.7. The zero-order chi connectivity index (χ0) is 18.1. The first-order chi connectivity index (χ1) is 12.6. The monoisotopic (exact) mass is 358 g/mol. The van der Waals surface area contributed by atoms with E-state index < -0.39 is 17.7 Å². The average Bonchev–Trinajstić information content (AvgIpc) is 3.06. The van der Waals surface area contributed by atoms with E-state index in [1.165, 1.54) is 0 Å². The number of benzene rings is 2. The highest BCUT2D eigenvalue weighted by atomic mass is 19.2. The summed E-state index contributed by atoms with van der Waals surface area (Å²) < 4.78 is 32.0. The Kier molecular flexibility index (Phi) is 4.36. The smallest absolute Gasteiger partial charge is 0.254 e. The number of imidazole rings is 1. The molecule has 6 nitrogen and oxygen atoms in total. The maximum absolute atomic E-state index is 13.3. The number of amides is 1. The summed E-state index contributed by atoms with van der Waals surface area (Å²) in [6.07, 6.45) is -0.511. The summed E-state index contributed by atoms with van der Waals surface area (Å²) in [5.74, 6) is -1.58. The Morgan fingerprint density at radius 1 is 1.19 bits per heavy atom. The highest BCUT2D eigenvalue weighted by Gasteiger charge is 2.21. The third-order valence-corrected chi connectivity index (χ3v) is 4.17. The Labute approximate surface area is 147 Å². The summed E-state index contributed by atoms with van der Waals surface area (Å²) >= 11 is 0. The predicted molar refractivity (Wildman–Crippen MR) is 92.7 cm³/mol. The van der Waals surface area contributed by atoms with Gasteiger partial charge in [0.15, 0.2) is 11.6 Å². The molecule has 26 heavy (non-hydrogen) atoms. The lowest BCUT2D eigenvalue weighted by atomic mass is 10.2. The first-order valence-corrected chi connectivity index (χ1v) is 8.18. The van der Waals surface area contributed by atoms with Crippen molar-refractivity contribution in [2.75, 3.05) is 25.0 Å². The largest absolute Gasteiger partial charge is 0.366 e. The number of halogens is 2. The third kappa shape index (κ3) is 3.29. The van der Waals surface area contributed by atoms with Crippen LogP contribution in [0.1, 0.15) is 0 Å². The standard InChI is InChI=1S/C18H16F2N4O2/c19-12-7-14-15(8-13(12)20)24-17(23-14)10-1-3-11(4-2-10)22-18(25)16-9-21-5-6-26-16/h1-4,7-8,16,21H,5-6,9H2,(H,22,25)(H,23,24)/t16-/m1/s1. The van der Waals surface area contributed by atoms with Crippen LogP contribution in [0.15, 0.2) is 36.4 Å². The van der Waals surface area contributed by atoms with Crippen molar-refractivity contribution in [3.63, 3.8) is 0 Å². The lowest BCUT2D eigenvalue weighted by Crippen LogP contribution is -2.45. The number of carbonyl (C=O) groups is 1. The first-order valence-electron chi connectivity index (χ1n) is 8.18. The SMILES string of the molecule is O=C(Nc1ccc(-c2nc3cc(F)c(F)cc3[nH]2)cc1)[C@H]1CNCCO1. The molecular formula is C18H16F2N4O2. The highest BCUT2D eigenvalue weighted by molar-refractivity contribution is 5.94. The molecule has 3 aromatic rings. The number of nitrogens with zero attached hydrogens (tertiary/aromatic N) is 1. The number of nitrogens with one attached hydrogen (secondary N) is 3. The van der Waals surface area contributed by atoms with Crippen LogP contribution in [0.5, 0.6) is 0 Å². The molecule has 3 N–H and O–H groups in total. The van der Waals surface area contributed by atoms with Gasteiger partial charge in [-0.2, -0.15) is 0 Å². The Morgan fingerprint density at radius 3 is 2.69 bits per heavy atom. The number of ether oxygens (including phenoxy) is 1. The summed E-state index contributed by atoms with van der Waals surface area (Å²) in [6, 6.07) is 9.13. The lowest BCUT2D eigenvalue weighted by Gasteiger charge is -2.22. The molecule has 4 rings (SSSR count). The zero-order valence-corrected chi connectivity index (χ0v) is 13.7. The summed E-state index contributed by atoms with van der Waals surface area (Å²) in [4.78, 5) is 19.4. The van der Waals surface area contributed by atoms with Gasteiger partial charge in [-0.25, -0.2) is 13.8 Å². The average molecular weight is 358 g/mol. The maximum Gasteiger partial charge on any atom is 0.254 e. The second-order valence-electron chi connectivity index (χ2n) is 6.00. The highest BCUT2D eigenvalue weighted by Crippen LogP contribution is 2.23. The van der Waals surface area contributed by atoms with Crippen LogP contribution in [0.25, 0.3) is 22.4 Å². The molecule has 0 saturated carbocycles. The number of rotatable bonds is 3.